The van der Waals surface area contributed by atoms with Crippen molar-refractivity contribution >= 4 is 5.91 Å². The van der Waals surface area contributed by atoms with Crippen molar-refractivity contribution in [3.8, 4) is 0 Å². The van der Waals surface area contributed by atoms with E-state index < -0.39 is 0 Å². The standard InChI is InChI=1S/C12H23NO3/c1-9(14)6-11(7-10(2)15)8-13-5-3-4-12(13)16/h9-11,14-15H,3-8H2,1-2H3. The van der Waals surface area contributed by atoms with E-state index in [2.05, 4.69) is 0 Å². The summed E-state index contributed by atoms with van der Waals surface area (Å²) in [5.74, 6) is 0.406. The SMILES string of the molecule is CC(O)CC(CC(C)O)CN1CCCC1=O. The number of hydrogen-bond donors (Lipinski definition) is 2. The molecule has 0 bridgehead atoms. The Kier molecular flexibility index (Phi) is 5.22. The van der Waals surface area contributed by atoms with Crippen LogP contribution in [0.4, 0.5) is 0 Å². The van der Waals surface area contributed by atoms with Gasteiger partial charge in [0.1, 0.15) is 0 Å². The molecule has 0 saturated carbocycles. The smallest absolute Gasteiger partial charge is 0.222 e. The molecule has 4 heteroatoms. The number of carbonyl (C=O) groups excluding carboxylic acids is 1. The molecule has 1 saturated heterocycles. The van der Waals surface area contributed by atoms with Crippen molar-refractivity contribution in [2.24, 2.45) is 5.92 Å². The Hall–Kier alpha value is -0.610. The van der Waals surface area contributed by atoms with Gasteiger partial charge in [0.2, 0.25) is 5.91 Å². The van der Waals surface area contributed by atoms with Gasteiger partial charge in [0.15, 0.2) is 0 Å². The van der Waals surface area contributed by atoms with Crippen LogP contribution in [-0.2, 0) is 4.79 Å². The summed E-state index contributed by atoms with van der Waals surface area (Å²) < 4.78 is 0. The number of rotatable bonds is 6. The van der Waals surface area contributed by atoms with Crippen molar-refractivity contribution in [3.05, 3.63) is 0 Å². The first kappa shape index (κ1) is 13.5. The Labute approximate surface area is 97.3 Å². The van der Waals surface area contributed by atoms with Crippen LogP contribution < -0.4 is 0 Å². The molecule has 2 atom stereocenters. The molecule has 16 heavy (non-hydrogen) atoms. The van der Waals surface area contributed by atoms with Gasteiger partial charge in [-0.05, 0) is 39.0 Å². The van der Waals surface area contributed by atoms with Crippen molar-refractivity contribution in [1.82, 2.24) is 4.90 Å². The van der Waals surface area contributed by atoms with Crippen LogP contribution >= 0.6 is 0 Å². The first-order valence-electron chi connectivity index (χ1n) is 6.13. The number of nitrogens with zero attached hydrogens (tertiary/aromatic N) is 1. The summed E-state index contributed by atoms with van der Waals surface area (Å²) in [4.78, 5) is 13.3. The molecule has 1 amide bonds. The molecule has 1 aliphatic heterocycles. The minimum Gasteiger partial charge on any atom is -0.393 e. The van der Waals surface area contributed by atoms with Crippen LogP contribution in [0.5, 0.6) is 0 Å². The third-order valence-electron chi connectivity index (χ3n) is 3.00. The van der Waals surface area contributed by atoms with E-state index in [-0.39, 0.29) is 24.0 Å². The van der Waals surface area contributed by atoms with Crippen LogP contribution in [0.3, 0.4) is 0 Å². The van der Waals surface area contributed by atoms with Crippen molar-refractivity contribution in [2.75, 3.05) is 13.1 Å². The lowest BCUT2D eigenvalue weighted by molar-refractivity contribution is -0.128. The zero-order valence-electron chi connectivity index (χ0n) is 10.2. The van der Waals surface area contributed by atoms with Gasteiger partial charge in [-0.15, -0.1) is 0 Å². The van der Waals surface area contributed by atoms with E-state index in [4.69, 9.17) is 0 Å². The number of aliphatic hydroxyl groups excluding tert-OH is 2. The summed E-state index contributed by atoms with van der Waals surface area (Å²) in [5, 5.41) is 18.8. The maximum absolute atomic E-state index is 11.5. The molecule has 2 unspecified atom stereocenters. The lowest BCUT2D eigenvalue weighted by Gasteiger charge is -2.25. The molecule has 0 radical (unpaired) electrons. The first-order chi connectivity index (χ1) is 7.49. The van der Waals surface area contributed by atoms with Crippen molar-refractivity contribution < 1.29 is 15.0 Å². The van der Waals surface area contributed by atoms with E-state index in [0.717, 1.165) is 13.0 Å². The summed E-state index contributed by atoms with van der Waals surface area (Å²) in [5.41, 5.74) is 0. The fourth-order valence-corrected chi connectivity index (χ4v) is 2.42. The Bertz CT molecular complexity index is 218. The highest BCUT2D eigenvalue weighted by molar-refractivity contribution is 5.78. The van der Waals surface area contributed by atoms with Gasteiger partial charge >= 0.3 is 0 Å². The minimum atomic E-state index is -0.374. The van der Waals surface area contributed by atoms with Gasteiger partial charge < -0.3 is 15.1 Å². The van der Waals surface area contributed by atoms with Gasteiger partial charge in [0.05, 0.1) is 12.2 Å². The van der Waals surface area contributed by atoms with Crippen LogP contribution in [0.2, 0.25) is 0 Å². The number of amides is 1. The molecular weight excluding hydrogens is 206 g/mol. The van der Waals surface area contributed by atoms with Gasteiger partial charge in [-0.3, -0.25) is 4.79 Å². The highest BCUT2D eigenvalue weighted by Gasteiger charge is 2.24. The summed E-state index contributed by atoms with van der Waals surface area (Å²) in [6.07, 6.45) is 2.14. The highest BCUT2D eigenvalue weighted by atomic mass is 16.3. The van der Waals surface area contributed by atoms with Crippen LogP contribution in [-0.4, -0.2) is 46.3 Å². The van der Waals surface area contributed by atoms with Gasteiger partial charge in [-0.2, -0.15) is 0 Å². The average Bonchev–Trinajstić information content (AvgIpc) is 2.49. The van der Waals surface area contributed by atoms with E-state index in [9.17, 15) is 15.0 Å². The quantitative estimate of drug-likeness (QED) is 0.707. The van der Waals surface area contributed by atoms with Gasteiger partial charge in [-0.25, -0.2) is 0 Å². The molecule has 0 aromatic carbocycles. The zero-order valence-corrected chi connectivity index (χ0v) is 10.2. The van der Waals surface area contributed by atoms with Crippen molar-refractivity contribution in [2.45, 2.75) is 51.7 Å². The second-order valence-corrected chi connectivity index (χ2v) is 4.98. The summed E-state index contributed by atoms with van der Waals surface area (Å²) in [6.45, 7) is 5.01. The maximum Gasteiger partial charge on any atom is 0.222 e. The predicted molar refractivity (Wildman–Crippen MR) is 61.9 cm³/mol. The van der Waals surface area contributed by atoms with Gasteiger partial charge in [-0.1, -0.05) is 0 Å². The Morgan fingerprint density at radius 3 is 2.19 bits per heavy atom. The van der Waals surface area contributed by atoms with E-state index in [0.29, 0.717) is 25.8 Å². The Balaban J connectivity index is 2.45. The van der Waals surface area contributed by atoms with E-state index in [1.807, 2.05) is 4.90 Å². The molecule has 1 aliphatic rings. The minimum absolute atomic E-state index is 0.196. The van der Waals surface area contributed by atoms with Crippen LogP contribution in [0, 0.1) is 5.92 Å². The average molecular weight is 229 g/mol. The fraction of sp³-hybridized carbons (Fsp3) is 0.917. The third kappa shape index (κ3) is 4.49. The largest absolute Gasteiger partial charge is 0.393 e. The maximum atomic E-state index is 11.5. The molecule has 1 heterocycles. The van der Waals surface area contributed by atoms with Crippen LogP contribution in [0.15, 0.2) is 0 Å². The van der Waals surface area contributed by atoms with Gasteiger partial charge in [0.25, 0.3) is 0 Å². The normalized spacial score (nSPS) is 22.2. The summed E-state index contributed by atoms with van der Waals surface area (Å²) in [7, 11) is 0. The summed E-state index contributed by atoms with van der Waals surface area (Å²) >= 11 is 0. The Morgan fingerprint density at radius 2 is 1.81 bits per heavy atom. The number of hydrogen-bond acceptors (Lipinski definition) is 3. The number of likely N-dealkylation sites (tertiary alicyclic amines) is 1. The second kappa shape index (κ2) is 6.21. The molecule has 1 rings (SSSR count). The molecular formula is C12H23NO3. The molecule has 0 spiro atoms. The fourth-order valence-electron chi connectivity index (χ4n) is 2.42. The lowest BCUT2D eigenvalue weighted by atomic mass is 9.95. The van der Waals surface area contributed by atoms with E-state index >= 15 is 0 Å². The van der Waals surface area contributed by atoms with Crippen molar-refractivity contribution in [3.63, 3.8) is 0 Å². The molecule has 0 aromatic rings. The number of carbonyl (C=O) groups is 1. The summed E-state index contributed by atoms with van der Waals surface area (Å²) in [6, 6.07) is 0. The third-order valence-corrected chi connectivity index (χ3v) is 3.00. The molecule has 0 aliphatic carbocycles. The van der Waals surface area contributed by atoms with Crippen LogP contribution in [0.1, 0.15) is 39.5 Å². The highest BCUT2D eigenvalue weighted by Crippen LogP contribution is 2.19. The molecule has 94 valence electrons. The second-order valence-electron chi connectivity index (χ2n) is 4.98. The van der Waals surface area contributed by atoms with Gasteiger partial charge in [0, 0.05) is 19.5 Å². The monoisotopic (exact) mass is 229 g/mol. The molecule has 0 aromatic heterocycles. The predicted octanol–water partition coefficient (Wildman–Crippen LogP) is 0.767. The number of aliphatic hydroxyl groups is 2. The Morgan fingerprint density at radius 1 is 1.25 bits per heavy atom. The van der Waals surface area contributed by atoms with E-state index in [1.54, 1.807) is 13.8 Å². The first-order valence-corrected chi connectivity index (χ1v) is 6.13. The molecule has 1 fully saturated rings. The van der Waals surface area contributed by atoms with Crippen molar-refractivity contribution in [1.29, 1.82) is 0 Å². The molecule has 2 N–H and O–H groups in total. The topological polar surface area (TPSA) is 60.8 Å². The molecule has 4 nitrogen and oxygen atoms in total. The zero-order chi connectivity index (χ0) is 12.1. The van der Waals surface area contributed by atoms with Crippen LogP contribution in [0.25, 0.3) is 0 Å². The van der Waals surface area contributed by atoms with E-state index in [1.165, 1.54) is 0 Å². The lowest BCUT2D eigenvalue weighted by Crippen LogP contribution is -2.33.